The van der Waals surface area contributed by atoms with Crippen LogP contribution in [0.25, 0.3) is 0 Å². The number of para-hydroxylation sites is 1. The Hall–Kier alpha value is -2.82. The molecule has 0 heterocycles. The first-order chi connectivity index (χ1) is 13.0. The van der Waals surface area contributed by atoms with Crippen molar-refractivity contribution in [2.24, 2.45) is 0 Å². The van der Waals surface area contributed by atoms with Gasteiger partial charge in [-0.05, 0) is 42.0 Å². The Bertz CT molecular complexity index is 975. The van der Waals surface area contributed by atoms with Gasteiger partial charge in [0.05, 0.1) is 15.6 Å². The van der Waals surface area contributed by atoms with Gasteiger partial charge in [-0.3, -0.25) is 9.59 Å². The molecule has 0 saturated heterocycles. The summed E-state index contributed by atoms with van der Waals surface area (Å²) in [4.78, 5) is 24.7. The third kappa shape index (κ3) is 4.88. The van der Waals surface area contributed by atoms with E-state index >= 15 is 0 Å². The predicted molar refractivity (Wildman–Crippen MR) is 108 cm³/mol. The largest absolute Gasteiger partial charge is 0.348 e. The highest BCUT2D eigenvalue weighted by molar-refractivity contribution is 6.43. The summed E-state index contributed by atoms with van der Waals surface area (Å²) >= 11 is 12.0. The summed E-state index contributed by atoms with van der Waals surface area (Å²) in [7, 11) is 0. The maximum absolute atomic E-state index is 12.4. The van der Waals surface area contributed by atoms with Crippen molar-refractivity contribution in [3.63, 3.8) is 0 Å². The van der Waals surface area contributed by atoms with Crippen molar-refractivity contribution in [1.29, 1.82) is 0 Å². The van der Waals surface area contributed by atoms with Crippen LogP contribution in [-0.2, 0) is 6.54 Å². The molecule has 3 aromatic rings. The SMILES string of the molecule is O=C(Nc1ccccc1)c1cccc(CNC(=O)c2cccc(Cl)c2Cl)c1. The Balaban J connectivity index is 1.66. The number of carbonyl (C=O) groups excluding carboxylic acids is 2. The van der Waals surface area contributed by atoms with Crippen molar-refractivity contribution in [1.82, 2.24) is 5.32 Å². The fourth-order valence-corrected chi connectivity index (χ4v) is 2.89. The van der Waals surface area contributed by atoms with Gasteiger partial charge >= 0.3 is 0 Å². The van der Waals surface area contributed by atoms with Crippen LogP contribution in [0.5, 0.6) is 0 Å². The highest BCUT2D eigenvalue weighted by Crippen LogP contribution is 2.25. The van der Waals surface area contributed by atoms with Gasteiger partial charge in [0, 0.05) is 17.8 Å². The van der Waals surface area contributed by atoms with Gasteiger partial charge in [0.2, 0.25) is 0 Å². The summed E-state index contributed by atoms with van der Waals surface area (Å²) in [6, 6.07) is 21.2. The maximum atomic E-state index is 12.4. The number of rotatable bonds is 5. The van der Waals surface area contributed by atoms with Crippen LogP contribution in [0.3, 0.4) is 0 Å². The fraction of sp³-hybridized carbons (Fsp3) is 0.0476. The van der Waals surface area contributed by atoms with Crippen LogP contribution in [0, 0.1) is 0 Å². The quantitative estimate of drug-likeness (QED) is 0.622. The van der Waals surface area contributed by atoms with E-state index in [-0.39, 0.29) is 23.4 Å². The topological polar surface area (TPSA) is 58.2 Å². The number of carbonyl (C=O) groups is 2. The van der Waals surface area contributed by atoms with Crippen molar-refractivity contribution in [2.75, 3.05) is 5.32 Å². The van der Waals surface area contributed by atoms with Gasteiger partial charge in [-0.15, -0.1) is 0 Å². The van der Waals surface area contributed by atoms with E-state index in [1.165, 1.54) is 0 Å². The van der Waals surface area contributed by atoms with Gasteiger partial charge in [-0.1, -0.05) is 59.6 Å². The lowest BCUT2D eigenvalue weighted by Crippen LogP contribution is -2.23. The number of halogens is 2. The van der Waals surface area contributed by atoms with E-state index in [9.17, 15) is 9.59 Å². The van der Waals surface area contributed by atoms with Gasteiger partial charge in [-0.2, -0.15) is 0 Å². The predicted octanol–water partition coefficient (Wildman–Crippen LogP) is 5.18. The number of hydrogen-bond acceptors (Lipinski definition) is 2. The minimum absolute atomic E-state index is 0.215. The zero-order valence-corrected chi connectivity index (χ0v) is 15.7. The van der Waals surface area contributed by atoms with Crippen LogP contribution in [0.2, 0.25) is 10.0 Å². The molecule has 3 rings (SSSR count). The van der Waals surface area contributed by atoms with Gasteiger partial charge in [-0.25, -0.2) is 0 Å². The van der Waals surface area contributed by atoms with Crippen molar-refractivity contribution in [3.05, 3.63) is 99.5 Å². The van der Waals surface area contributed by atoms with Crippen molar-refractivity contribution >= 4 is 40.7 Å². The van der Waals surface area contributed by atoms with E-state index in [1.54, 1.807) is 36.4 Å². The molecule has 2 amide bonds. The normalized spacial score (nSPS) is 10.3. The molecule has 0 unspecified atom stereocenters. The molecular weight excluding hydrogens is 383 g/mol. The molecule has 0 radical (unpaired) electrons. The molecule has 2 N–H and O–H groups in total. The Morgan fingerprint density at radius 1 is 0.815 bits per heavy atom. The highest BCUT2D eigenvalue weighted by Gasteiger charge is 2.13. The molecule has 0 fully saturated rings. The van der Waals surface area contributed by atoms with Crippen molar-refractivity contribution in [3.8, 4) is 0 Å². The summed E-state index contributed by atoms with van der Waals surface area (Å²) in [5.41, 5.74) is 2.33. The molecule has 0 aliphatic rings. The summed E-state index contributed by atoms with van der Waals surface area (Å²) < 4.78 is 0. The second kappa shape index (κ2) is 8.71. The van der Waals surface area contributed by atoms with Crippen molar-refractivity contribution < 1.29 is 9.59 Å². The average molecular weight is 399 g/mol. The Morgan fingerprint density at radius 2 is 1.56 bits per heavy atom. The molecule has 0 saturated carbocycles. The van der Waals surface area contributed by atoms with Gasteiger partial charge < -0.3 is 10.6 Å². The first-order valence-corrected chi connectivity index (χ1v) is 8.98. The van der Waals surface area contributed by atoms with E-state index in [0.29, 0.717) is 16.1 Å². The molecular formula is C21H16Cl2N2O2. The Labute approximate surface area is 167 Å². The number of benzene rings is 3. The van der Waals surface area contributed by atoms with Gasteiger partial charge in [0.1, 0.15) is 0 Å². The third-order valence-corrected chi connectivity index (χ3v) is 4.69. The first-order valence-electron chi connectivity index (χ1n) is 8.22. The van der Waals surface area contributed by atoms with Crippen LogP contribution >= 0.6 is 23.2 Å². The zero-order chi connectivity index (χ0) is 19.2. The molecule has 136 valence electrons. The minimum atomic E-state index is -0.332. The lowest BCUT2D eigenvalue weighted by Gasteiger charge is -2.09. The number of hydrogen-bond donors (Lipinski definition) is 2. The van der Waals surface area contributed by atoms with E-state index in [2.05, 4.69) is 10.6 Å². The van der Waals surface area contributed by atoms with Crippen LogP contribution in [0.15, 0.2) is 72.8 Å². The van der Waals surface area contributed by atoms with E-state index in [0.717, 1.165) is 11.3 Å². The molecule has 0 aliphatic heterocycles. The van der Waals surface area contributed by atoms with Gasteiger partial charge in [0.25, 0.3) is 11.8 Å². The molecule has 6 heteroatoms. The fourth-order valence-electron chi connectivity index (χ4n) is 2.50. The number of nitrogens with one attached hydrogen (secondary N) is 2. The summed E-state index contributed by atoms with van der Waals surface area (Å²) in [5, 5.41) is 6.16. The molecule has 0 aromatic heterocycles. The number of anilines is 1. The second-order valence-electron chi connectivity index (χ2n) is 5.80. The lowest BCUT2D eigenvalue weighted by molar-refractivity contribution is 0.0950. The van der Waals surface area contributed by atoms with Gasteiger partial charge in [0.15, 0.2) is 0 Å². The monoisotopic (exact) mass is 398 g/mol. The van der Waals surface area contributed by atoms with Crippen LogP contribution in [0.4, 0.5) is 5.69 Å². The van der Waals surface area contributed by atoms with Crippen LogP contribution < -0.4 is 10.6 Å². The highest BCUT2D eigenvalue weighted by atomic mass is 35.5. The van der Waals surface area contributed by atoms with Crippen LogP contribution in [0.1, 0.15) is 26.3 Å². The van der Waals surface area contributed by atoms with Crippen molar-refractivity contribution in [2.45, 2.75) is 6.54 Å². The third-order valence-electron chi connectivity index (χ3n) is 3.87. The Morgan fingerprint density at radius 3 is 2.33 bits per heavy atom. The van der Waals surface area contributed by atoms with Crippen LogP contribution in [-0.4, -0.2) is 11.8 Å². The summed E-state index contributed by atoms with van der Waals surface area (Å²) in [5.74, 6) is -0.547. The van der Waals surface area contributed by atoms with E-state index < -0.39 is 0 Å². The minimum Gasteiger partial charge on any atom is -0.348 e. The maximum Gasteiger partial charge on any atom is 0.255 e. The smallest absolute Gasteiger partial charge is 0.255 e. The Kier molecular flexibility index (Phi) is 6.12. The zero-order valence-electron chi connectivity index (χ0n) is 14.2. The molecule has 0 bridgehead atoms. The number of amides is 2. The summed E-state index contributed by atoms with van der Waals surface area (Å²) in [6.45, 7) is 0.258. The molecule has 0 spiro atoms. The molecule has 0 atom stereocenters. The van der Waals surface area contributed by atoms with E-state index in [4.69, 9.17) is 23.2 Å². The molecule has 4 nitrogen and oxygen atoms in total. The van der Waals surface area contributed by atoms with E-state index in [1.807, 2.05) is 36.4 Å². The average Bonchev–Trinajstić information content (AvgIpc) is 2.69. The molecule has 27 heavy (non-hydrogen) atoms. The second-order valence-corrected chi connectivity index (χ2v) is 6.59. The molecule has 3 aromatic carbocycles. The molecule has 0 aliphatic carbocycles. The first kappa shape index (κ1) is 19.0. The summed E-state index contributed by atoms with van der Waals surface area (Å²) in [6.07, 6.45) is 0. The standard InChI is InChI=1S/C21H16Cl2N2O2/c22-18-11-5-10-17(19(18)23)21(27)24-13-14-6-4-7-15(12-14)20(26)25-16-8-2-1-3-9-16/h1-12H,13H2,(H,24,27)(H,25,26). The lowest BCUT2D eigenvalue weighted by atomic mass is 10.1.